The molecule has 0 unspecified atom stereocenters. The Morgan fingerprint density at radius 1 is 1.21 bits per heavy atom. The van der Waals surface area contributed by atoms with Gasteiger partial charge in [-0.15, -0.1) is 11.3 Å². The molecule has 2 fully saturated rings. The van der Waals surface area contributed by atoms with Crippen LogP contribution in [0, 0.1) is 17.8 Å². The minimum absolute atomic E-state index is 0.506. The number of hydrogen-bond acceptors (Lipinski definition) is 5. The highest BCUT2D eigenvalue weighted by atomic mass is 32.1. The van der Waals surface area contributed by atoms with Crippen LogP contribution in [-0.2, 0) is 22.5 Å². The molecular weight excluding hydrogens is 444 g/mol. The number of nitrogens with one attached hydrogen (secondary N) is 1. The van der Waals surface area contributed by atoms with Crippen molar-refractivity contribution in [1.29, 1.82) is 0 Å². The van der Waals surface area contributed by atoms with E-state index in [0.717, 1.165) is 79.9 Å². The highest BCUT2D eigenvalue weighted by Gasteiger charge is 2.26. The lowest BCUT2D eigenvalue weighted by Gasteiger charge is -2.32. The number of benzene rings is 1. The highest BCUT2D eigenvalue weighted by Crippen LogP contribution is 2.41. The topological polar surface area (TPSA) is 61.5 Å². The molecule has 0 bridgehead atoms. The molecule has 1 amide bonds. The molecule has 3 heterocycles. The third kappa shape index (κ3) is 4.54. The lowest BCUT2D eigenvalue weighted by Crippen LogP contribution is -2.45. The van der Waals surface area contributed by atoms with Crippen LogP contribution < -0.4 is 0 Å². The van der Waals surface area contributed by atoms with Crippen molar-refractivity contribution in [3.63, 3.8) is 0 Å². The number of piperazine rings is 1. The van der Waals surface area contributed by atoms with Crippen molar-refractivity contribution in [1.82, 2.24) is 20.0 Å². The fraction of sp³-hybridized carbons (Fsp3) is 0.407. The van der Waals surface area contributed by atoms with Crippen LogP contribution in [0.2, 0.25) is 0 Å². The number of aromatic nitrogens is 2. The Kier molecular flexibility index (Phi) is 5.96. The summed E-state index contributed by atoms with van der Waals surface area (Å²) < 4.78 is 5.62. The van der Waals surface area contributed by atoms with E-state index in [9.17, 15) is 4.79 Å². The molecule has 1 saturated carbocycles. The monoisotopic (exact) mass is 472 g/mol. The zero-order valence-electron chi connectivity index (χ0n) is 19.2. The summed E-state index contributed by atoms with van der Waals surface area (Å²) in [7, 11) is 0. The van der Waals surface area contributed by atoms with Crippen LogP contribution >= 0.6 is 11.3 Å². The summed E-state index contributed by atoms with van der Waals surface area (Å²) in [5, 5.41) is 10.1. The predicted molar refractivity (Wildman–Crippen MR) is 133 cm³/mol. The summed E-state index contributed by atoms with van der Waals surface area (Å²) >= 11 is 1.66. The predicted octanol–water partition coefficient (Wildman–Crippen LogP) is 3.76. The molecule has 3 aliphatic rings. The van der Waals surface area contributed by atoms with Crippen LogP contribution in [0.1, 0.15) is 34.4 Å². The van der Waals surface area contributed by atoms with Gasteiger partial charge in [-0.2, -0.15) is 5.10 Å². The van der Waals surface area contributed by atoms with E-state index >= 15 is 0 Å². The fourth-order valence-corrected chi connectivity index (χ4v) is 5.58. The van der Waals surface area contributed by atoms with Gasteiger partial charge in [-0.25, -0.2) is 0 Å². The molecule has 2 aliphatic carbocycles. The summed E-state index contributed by atoms with van der Waals surface area (Å²) in [6.45, 7) is 5.77. The van der Waals surface area contributed by atoms with Crippen LogP contribution in [0.15, 0.2) is 29.6 Å². The fourth-order valence-electron chi connectivity index (χ4n) is 4.82. The summed E-state index contributed by atoms with van der Waals surface area (Å²) in [4.78, 5) is 16.3. The standard InChI is InChI=1S/C27H28N4O2S/c32-18-31-9-7-30(8-10-31)15-20-5-6-24-21(12-20)14-25-26(28-29-27(24)25)22-13-23(34-17-22)2-1-11-33-16-19-3-4-19/h5-6,12-13,17-19H,3-4,7-11,14-16H2,(H,28,29). The molecule has 2 aromatic heterocycles. The Balaban J connectivity index is 1.12. The van der Waals surface area contributed by atoms with Gasteiger partial charge < -0.3 is 9.64 Å². The van der Waals surface area contributed by atoms with E-state index in [2.05, 4.69) is 56.6 Å². The minimum atomic E-state index is 0.506. The average molecular weight is 473 g/mol. The quantitative estimate of drug-likeness (QED) is 0.253. The number of H-pyrrole nitrogens is 1. The van der Waals surface area contributed by atoms with Crippen LogP contribution in [0.25, 0.3) is 22.5 Å². The lowest BCUT2D eigenvalue weighted by atomic mass is 10.0. The summed E-state index contributed by atoms with van der Waals surface area (Å²) in [5.74, 6) is 7.15. The Morgan fingerprint density at radius 2 is 2.09 bits per heavy atom. The van der Waals surface area contributed by atoms with Crippen molar-refractivity contribution in [3.05, 3.63) is 51.2 Å². The van der Waals surface area contributed by atoms with Crippen LogP contribution in [0.5, 0.6) is 0 Å². The van der Waals surface area contributed by atoms with Crippen LogP contribution in [0.4, 0.5) is 0 Å². The van der Waals surface area contributed by atoms with Gasteiger partial charge in [0, 0.05) is 61.2 Å². The SMILES string of the molecule is O=CN1CCN(Cc2ccc3c(c2)Cc2c(-c4csc(C#CCOCC5CC5)c4)n[nH]c2-3)CC1. The van der Waals surface area contributed by atoms with Crippen LogP contribution in [-0.4, -0.2) is 65.8 Å². The zero-order chi connectivity index (χ0) is 22.9. The number of thiophene rings is 1. The highest BCUT2D eigenvalue weighted by molar-refractivity contribution is 7.11. The van der Waals surface area contributed by atoms with E-state index < -0.39 is 0 Å². The number of ether oxygens (including phenoxy) is 1. The first-order valence-corrected chi connectivity index (χ1v) is 12.9. The molecule has 1 aromatic carbocycles. The number of carbonyl (C=O) groups is 1. The zero-order valence-corrected chi connectivity index (χ0v) is 20.0. The molecule has 174 valence electrons. The Bertz CT molecular complexity index is 1260. The second-order valence-corrected chi connectivity index (χ2v) is 10.4. The number of amides is 1. The van der Waals surface area contributed by atoms with Crippen molar-refractivity contribution >= 4 is 17.7 Å². The number of fused-ring (bicyclic) bond motifs is 3. The number of nitrogens with zero attached hydrogens (tertiary/aromatic N) is 3. The molecule has 0 atom stereocenters. The second kappa shape index (κ2) is 9.38. The Labute approximate surface area is 203 Å². The van der Waals surface area contributed by atoms with E-state index in [-0.39, 0.29) is 0 Å². The lowest BCUT2D eigenvalue weighted by molar-refractivity contribution is -0.119. The molecule has 6 rings (SSSR count). The summed E-state index contributed by atoms with van der Waals surface area (Å²) in [5.41, 5.74) is 8.53. The van der Waals surface area contributed by atoms with Gasteiger partial charge in [-0.3, -0.25) is 14.8 Å². The van der Waals surface area contributed by atoms with E-state index in [1.165, 1.54) is 35.1 Å². The molecule has 3 aromatic rings. The molecular formula is C27H28N4O2S. The molecule has 1 saturated heterocycles. The first-order chi connectivity index (χ1) is 16.8. The van der Waals surface area contributed by atoms with E-state index in [1.807, 2.05) is 4.90 Å². The molecule has 0 radical (unpaired) electrons. The smallest absolute Gasteiger partial charge is 0.209 e. The van der Waals surface area contributed by atoms with Crippen molar-refractivity contribution in [2.45, 2.75) is 25.8 Å². The molecule has 1 aliphatic heterocycles. The van der Waals surface area contributed by atoms with E-state index in [1.54, 1.807) is 11.3 Å². The number of rotatable bonds is 7. The molecule has 1 N–H and O–H groups in total. The minimum Gasteiger partial charge on any atom is -0.368 e. The van der Waals surface area contributed by atoms with Gasteiger partial charge in [0.05, 0.1) is 22.9 Å². The number of aromatic amines is 1. The maximum atomic E-state index is 10.9. The third-order valence-electron chi connectivity index (χ3n) is 6.94. The van der Waals surface area contributed by atoms with Gasteiger partial charge in [-0.1, -0.05) is 30.0 Å². The molecule has 34 heavy (non-hydrogen) atoms. The van der Waals surface area contributed by atoms with Crippen molar-refractivity contribution in [2.24, 2.45) is 5.92 Å². The number of hydrogen-bond donors (Lipinski definition) is 1. The maximum Gasteiger partial charge on any atom is 0.209 e. The van der Waals surface area contributed by atoms with Crippen molar-refractivity contribution < 1.29 is 9.53 Å². The van der Waals surface area contributed by atoms with Gasteiger partial charge in [0.25, 0.3) is 0 Å². The average Bonchev–Trinajstić information content (AvgIpc) is 3.24. The van der Waals surface area contributed by atoms with Gasteiger partial charge in [0.1, 0.15) is 6.61 Å². The molecule has 7 heteroatoms. The normalized spacial score (nSPS) is 17.2. The second-order valence-electron chi connectivity index (χ2n) is 9.47. The molecule has 6 nitrogen and oxygen atoms in total. The van der Waals surface area contributed by atoms with Crippen molar-refractivity contribution in [2.75, 3.05) is 39.4 Å². The Hall–Kier alpha value is -2.92. The third-order valence-corrected chi connectivity index (χ3v) is 7.79. The maximum absolute atomic E-state index is 10.9. The van der Waals surface area contributed by atoms with Gasteiger partial charge in [-0.05, 0) is 36.0 Å². The van der Waals surface area contributed by atoms with E-state index in [0.29, 0.717) is 6.61 Å². The first-order valence-electron chi connectivity index (χ1n) is 12.0. The van der Waals surface area contributed by atoms with Gasteiger partial charge >= 0.3 is 0 Å². The first kappa shape index (κ1) is 21.6. The van der Waals surface area contributed by atoms with Crippen molar-refractivity contribution in [3.8, 4) is 34.4 Å². The van der Waals surface area contributed by atoms with E-state index in [4.69, 9.17) is 4.74 Å². The van der Waals surface area contributed by atoms with Gasteiger partial charge in [0.2, 0.25) is 6.41 Å². The number of carbonyl (C=O) groups excluding carboxylic acids is 1. The Morgan fingerprint density at radius 3 is 2.91 bits per heavy atom. The summed E-state index contributed by atoms with van der Waals surface area (Å²) in [6.07, 6.45) is 4.47. The molecule has 0 spiro atoms. The van der Waals surface area contributed by atoms with Gasteiger partial charge in [0.15, 0.2) is 0 Å². The van der Waals surface area contributed by atoms with Crippen LogP contribution in [0.3, 0.4) is 0 Å². The summed E-state index contributed by atoms with van der Waals surface area (Å²) in [6, 6.07) is 8.93. The largest absolute Gasteiger partial charge is 0.368 e.